The van der Waals surface area contributed by atoms with Crippen LogP contribution in [0, 0.1) is 0 Å². The average molecular weight is 313 g/mol. The Kier molecular flexibility index (Phi) is 3.47. The molecule has 1 fully saturated rings. The lowest BCUT2D eigenvalue weighted by molar-refractivity contribution is 0.0627. The van der Waals surface area contributed by atoms with Crippen molar-refractivity contribution >= 4 is 5.91 Å². The fourth-order valence-corrected chi connectivity index (χ4v) is 4.20. The molecule has 0 radical (unpaired) electrons. The van der Waals surface area contributed by atoms with Gasteiger partial charge in [0.25, 0.3) is 5.91 Å². The van der Waals surface area contributed by atoms with Gasteiger partial charge in [0.15, 0.2) is 0 Å². The molecule has 1 aliphatic carbocycles. The maximum absolute atomic E-state index is 12.8. The second kappa shape index (κ2) is 5.51. The third-order valence-corrected chi connectivity index (χ3v) is 5.35. The Hall–Kier alpha value is -2.11. The van der Waals surface area contributed by atoms with Gasteiger partial charge in [0.2, 0.25) is 0 Å². The first-order valence-corrected chi connectivity index (χ1v) is 8.58. The molecule has 1 spiro atoms. The lowest BCUT2D eigenvalue weighted by Crippen LogP contribution is -2.48. The number of rotatable bonds is 3. The van der Waals surface area contributed by atoms with Gasteiger partial charge in [-0.15, -0.1) is 0 Å². The smallest absolute Gasteiger partial charge is 0.274 e. The Morgan fingerprint density at radius 2 is 2.30 bits per heavy atom. The molecule has 23 heavy (non-hydrogen) atoms. The Morgan fingerprint density at radius 1 is 1.39 bits per heavy atom. The maximum atomic E-state index is 12.8. The quantitative estimate of drug-likeness (QED) is 0.912. The molecular formula is C17H23N5O. The highest BCUT2D eigenvalue weighted by Crippen LogP contribution is 2.43. The first kappa shape index (κ1) is 14.5. The highest BCUT2D eigenvalue weighted by atomic mass is 16.2. The number of carbonyl (C=O) groups is 1. The summed E-state index contributed by atoms with van der Waals surface area (Å²) in [5, 5.41) is 14.6. The molecule has 0 bridgehead atoms. The number of likely N-dealkylation sites (tertiary alicyclic amines) is 1. The third kappa shape index (κ3) is 2.36. The van der Waals surface area contributed by atoms with Crippen LogP contribution in [0.3, 0.4) is 0 Å². The Labute approximate surface area is 135 Å². The van der Waals surface area contributed by atoms with Gasteiger partial charge in [-0.1, -0.05) is 13.3 Å². The van der Waals surface area contributed by atoms with Crippen LogP contribution in [0.15, 0.2) is 12.3 Å². The second-order valence-electron chi connectivity index (χ2n) is 6.91. The molecule has 6 nitrogen and oxygen atoms in total. The Balaban J connectivity index is 1.54. The number of H-pyrrole nitrogens is 2. The summed E-state index contributed by atoms with van der Waals surface area (Å²) in [7, 11) is 0. The van der Waals surface area contributed by atoms with Gasteiger partial charge in [0.05, 0.1) is 6.20 Å². The number of hydrogen-bond acceptors (Lipinski definition) is 3. The van der Waals surface area contributed by atoms with E-state index in [2.05, 4.69) is 27.3 Å². The molecule has 2 aliphatic rings. The minimum absolute atomic E-state index is 0.0515. The molecule has 2 N–H and O–H groups in total. The molecule has 1 atom stereocenters. The summed E-state index contributed by atoms with van der Waals surface area (Å²) >= 11 is 0. The molecule has 1 saturated heterocycles. The van der Waals surface area contributed by atoms with Crippen LogP contribution in [-0.2, 0) is 18.3 Å². The number of aryl methyl sites for hydroxylation is 2. The molecule has 1 aliphatic heterocycles. The van der Waals surface area contributed by atoms with E-state index < -0.39 is 0 Å². The topological polar surface area (TPSA) is 77.7 Å². The Bertz CT molecular complexity index is 718. The number of piperidine rings is 1. The summed E-state index contributed by atoms with van der Waals surface area (Å²) in [4.78, 5) is 14.8. The van der Waals surface area contributed by atoms with E-state index in [1.165, 1.54) is 11.3 Å². The van der Waals surface area contributed by atoms with Crippen molar-refractivity contribution in [2.75, 3.05) is 13.1 Å². The van der Waals surface area contributed by atoms with Crippen molar-refractivity contribution < 1.29 is 4.79 Å². The van der Waals surface area contributed by atoms with E-state index in [1.54, 1.807) is 0 Å². The van der Waals surface area contributed by atoms with Gasteiger partial charge in [0, 0.05) is 29.9 Å². The lowest BCUT2D eigenvalue weighted by atomic mass is 9.77. The van der Waals surface area contributed by atoms with Crippen molar-refractivity contribution in [2.24, 2.45) is 0 Å². The number of aromatic amines is 2. The van der Waals surface area contributed by atoms with Crippen molar-refractivity contribution in [3.8, 4) is 0 Å². The molecule has 1 amide bonds. The van der Waals surface area contributed by atoms with E-state index in [0.717, 1.165) is 57.3 Å². The van der Waals surface area contributed by atoms with Crippen LogP contribution in [0.5, 0.6) is 0 Å². The zero-order valence-corrected chi connectivity index (χ0v) is 13.6. The van der Waals surface area contributed by atoms with Crippen molar-refractivity contribution in [2.45, 2.75) is 50.9 Å². The summed E-state index contributed by atoms with van der Waals surface area (Å²) in [5.41, 5.74) is 4.24. The first-order valence-electron chi connectivity index (χ1n) is 8.58. The van der Waals surface area contributed by atoms with Crippen LogP contribution in [0.1, 0.15) is 60.0 Å². The first-order chi connectivity index (χ1) is 11.2. The van der Waals surface area contributed by atoms with E-state index in [0.29, 0.717) is 5.69 Å². The number of amides is 1. The fourth-order valence-electron chi connectivity index (χ4n) is 4.20. The molecule has 0 aromatic carbocycles. The SMILES string of the molecule is CCCc1cc(C(=O)N2CCCC3(CCc4cn[nH]c43)C2)n[nH]1. The van der Waals surface area contributed by atoms with Gasteiger partial charge >= 0.3 is 0 Å². The molecule has 3 heterocycles. The molecule has 1 unspecified atom stereocenters. The van der Waals surface area contributed by atoms with Crippen LogP contribution in [0.4, 0.5) is 0 Å². The van der Waals surface area contributed by atoms with Crippen molar-refractivity contribution in [1.29, 1.82) is 0 Å². The van der Waals surface area contributed by atoms with Gasteiger partial charge in [0.1, 0.15) is 5.69 Å². The van der Waals surface area contributed by atoms with Gasteiger partial charge in [-0.25, -0.2) is 0 Å². The molecule has 2 aromatic heterocycles. The van der Waals surface area contributed by atoms with Crippen molar-refractivity contribution in [1.82, 2.24) is 25.3 Å². The number of carbonyl (C=O) groups excluding carboxylic acids is 1. The largest absolute Gasteiger partial charge is 0.336 e. The molecule has 4 rings (SSSR count). The second-order valence-corrected chi connectivity index (χ2v) is 6.91. The normalized spacial score (nSPS) is 23.4. The van der Waals surface area contributed by atoms with Gasteiger partial charge in [-0.05, 0) is 43.7 Å². The summed E-state index contributed by atoms with van der Waals surface area (Å²) in [6.07, 6.45) is 8.27. The molecule has 6 heteroatoms. The predicted octanol–water partition coefficient (Wildman–Crippen LogP) is 2.21. The maximum Gasteiger partial charge on any atom is 0.274 e. The fraction of sp³-hybridized carbons (Fsp3) is 0.588. The highest BCUT2D eigenvalue weighted by Gasteiger charge is 2.44. The van der Waals surface area contributed by atoms with Crippen molar-refractivity contribution in [3.05, 3.63) is 34.9 Å². The zero-order valence-electron chi connectivity index (χ0n) is 13.6. The number of aromatic nitrogens is 4. The van der Waals surface area contributed by atoms with Crippen LogP contribution >= 0.6 is 0 Å². The van der Waals surface area contributed by atoms with E-state index in [1.807, 2.05) is 17.2 Å². The van der Waals surface area contributed by atoms with Crippen LogP contribution in [0.25, 0.3) is 0 Å². The summed E-state index contributed by atoms with van der Waals surface area (Å²) < 4.78 is 0. The highest BCUT2D eigenvalue weighted by molar-refractivity contribution is 5.92. The monoisotopic (exact) mass is 313 g/mol. The third-order valence-electron chi connectivity index (χ3n) is 5.35. The van der Waals surface area contributed by atoms with Gasteiger partial charge in [-0.3, -0.25) is 15.0 Å². The minimum Gasteiger partial charge on any atom is -0.336 e. The molecular weight excluding hydrogens is 290 g/mol. The summed E-state index contributed by atoms with van der Waals surface area (Å²) in [6.45, 7) is 3.72. The number of fused-ring (bicyclic) bond motifs is 2. The standard InChI is InChI=1S/C17H23N5O/c1-2-4-13-9-14(20-19-13)16(23)22-8-3-6-17(11-22)7-5-12-10-18-21-15(12)17/h9-10H,2-8,11H2,1H3,(H,18,21)(H,19,20). The summed E-state index contributed by atoms with van der Waals surface area (Å²) in [5.74, 6) is 0.0515. The van der Waals surface area contributed by atoms with E-state index in [4.69, 9.17) is 0 Å². The Morgan fingerprint density at radius 3 is 3.17 bits per heavy atom. The van der Waals surface area contributed by atoms with Crippen LogP contribution in [0.2, 0.25) is 0 Å². The molecule has 2 aromatic rings. The molecule has 122 valence electrons. The van der Waals surface area contributed by atoms with Crippen LogP contribution in [-0.4, -0.2) is 44.3 Å². The van der Waals surface area contributed by atoms with Gasteiger partial charge in [-0.2, -0.15) is 10.2 Å². The van der Waals surface area contributed by atoms with E-state index in [9.17, 15) is 4.79 Å². The van der Waals surface area contributed by atoms with E-state index in [-0.39, 0.29) is 11.3 Å². The van der Waals surface area contributed by atoms with Crippen LogP contribution < -0.4 is 0 Å². The zero-order chi connectivity index (χ0) is 15.9. The lowest BCUT2D eigenvalue weighted by Gasteiger charge is -2.40. The van der Waals surface area contributed by atoms with Crippen molar-refractivity contribution in [3.63, 3.8) is 0 Å². The van der Waals surface area contributed by atoms with E-state index >= 15 is 0 Å². The van der Waals surface area contributed by atoms with Gasteiger partial charge < -0.3 is 4.90 Å². The summed E-state index contributed by atoms with van der Waals surface area (Å²) in [6, 6.07) is 1.91. The number of nitrogens with one attached hydrogen (secondary N) is 2. The number of nitrogens with zero attached hydrogens (tertiary/aromatic N) is 3. The average Bonchev–Trinajstić information content (AvgIpc) is 3.27. The minimum atomic E-state index is 0.0515. The predicted molar refractivity (Wildman–Crippen MR) is 86.3 cm³/mol. The molecule has 0 saturated carbocycles. The number of hydrogen-bond donors (Lipinski definition) is 2.